The van der Waals surface area contributed by atoms with E-state index in [2.05, 4.69) is 5.32 Å². The molecular weight excluding hydrogens is 257 g/mol. The van der Waals surface area contributed by atoms with Gasteiger partial charge in [-0.25, -0.2) is 13.2 Å². The van der Waals surface area contributed by atoms with Crippen LogP contribution in [0.3, 0.4) is 0 Å². The van der Waals surface area contributed by atoms with Gasteiger partial charge in [0.05, 0.1) is 6.10 Å². The van der Waals surface area contributed by atoms with Crippen LogP contribution in [0.15, 0.2) is 12.1 Å². The van der Waals surface area contributed by atoms with Crippen molar-refractivity contribution in [2.75, 3.05) is 6.54 Å². The molecule has 0 bridgehead atoms. The number of aliphatic hydroxyl groups excluding tert-OH is 1. The number of rotatable bonds is 6. The second kappa shape index (κ2) is 6.88. The van der Waals surface area contributed by atoms with Crippen LogP contribution in [0, 0.1) is 17.5 Å². The summed E-state index contributed by atoms with van der Waals surface area (Å²) in [4.78, 5) is 0. The van der Waals surface area contributed by atoms with Crippen molar-refractivity contribution in [3.05, 3.63) is 35.1 Å². The molecule has 3 nitrogen and oxygen atoms in total. The number of nitrogens with one attached hydrogen (secondary N) is 1. The molecule has 1 aromatic carbocycles. The van der Waals surface area contributed by atoms with Crippen LogP contribution in [0.2, 0.25) is 0 Å². The third-order valence-corrected chi connectivity index (χ3v) is 2.83. The maximum atomic E-state index is 13.6. The Morgan fingerprint density at radius 2 is 1.74 bits per heavy atom. The fourth-order valence-electron chi connectivity index (χ4n) is 2.01. The minimum Gasteiger partial charge on any atom is -0.393 e. The molecule has 4 N–H and O–H groups in total. The number of hydrogen-bond acceptors (Lipinski definition) is 3. The minimum absolute atomic E-state index is 0.0150. The number of aliphatic hydroxyl groups is 1. The highest BCUT2D eigenvalue weighted by molar-refractivity contribution is 5.24. The van der Waals surface area contributed by atoms with Crippen molar-refractivity contribution < 1.29 is 18.3 Å². The molecule has 0 heterocycles. The summed E-state index contributed by atoms with van der Waals surface area (Å²) < 4.78 is 39.6. The molecule has 0 aromatic heterocycles. The minimum atomic E-state index is -1.23. The van der Waals surface area contributed by atoms with Crippen molar-refractivity contribution in [1.82, 2.24) is 5.32 Å². The molecule has 0 aliphatic rings. The topological polar surface area (TPSA) is 58.3 Å². The van der Waals surface area contributed by atoms with E-state index >= 15 is 0 Å². The highest BCUT2D eigenvalue weighted by atomic mass is 19.2. The van der Waals surface area contributed by atoms with Gasteiger partial charge in [-0.05, 0) is 26.3 Å². The number of benzene rings is 1. The Morgan fingerprint density at radius 1 is 1.16 bits per heavy atom. The standard InChI is InChI=1S/C13H19F3N2O/c1-7(3-8(2)19)18-13(6-17)9-4-11(15)12(16)5-10(9)14/h4-5,7-8,13,18-19H,3,6,17H2,1-2H3. The van der Waals surface area contributed by atoms with Gasteiger partial charge in [0.1, 0.15) is 5.82 Å². The summed E-state index contributed by atoms with van der Waals surface area (Å²) in [6, 6.07) is 0.545. The van der Waals surface area contributed by atoms with Gasteiger partial charge in [-0.3, -0.25) is 0 Å². The van der Waals surface area contributed by atoms with Crippen molar-refractivity contribution >= 4 is 0 Å². The van der Waals surface area contributed by atoms with Gasteiger partial charge in [-0.1, -0.05) is 0 Å². The van der Waals surface area contributed by atoms with Crippen molar-refractivity contribution in [2.24, 2.45) is 5.73 Å². The average Bonchev–Trinajstić information content (AvgIpc) is 2.30. The first-order valence-electron chi connectivity index (χ1n) is 6.13. The molecule has 108 valence electrons. The summed E-state index contributed by atoms with van der Waals surface area (Å²) in [6.07, 6.45) is -0.0716. The molecule has 1 aromatic rings. The van der Waals surface area contributed by atoms with Gasteiger partial charge in [0.15, 0.2) is 11.6 Å². The smallest absolute Gasteiger partial charge is 0.161 e. The van der Waals surface area contributed by atoms with E-state index in [9.17, 15) is 18.3 Å². The van der Waals surface area contributed by atoms with Crippen LogP contribution in [-0.4, -0.2) is 23.8 Å². The van der Waals surface area contributed by atoms with Gasteiger partial charge >= 0.3 is 0 Å². The molecule has 0 saturated heterocycles. The number of nitrogens with two attached hydrogens (primary N) is 1. The summed E-state index contributed by atoms with van der Waals surface area (Å²) in [5.74, 6) is -3.18. The summed E-state index contributed by atoms with van der Waals surface area (Å²) in [6.45, 7) is 3.47. The molecule has 0 amide bonds. The zero-order valence-corrected chi connectivity index (χ0v) is 11.0. The molecule has 0 spiro atoms. The molecule has 3 atom stereocenters. The fraction of sp³-hybridized carbons (Fsp3) is 0.538. The third-order valence-electron chi connectivity index (χ3n) is 2.83. The van der Waals surface area contributed by atoms with Crippen molar-refractivity contribution in [2.45, 2.75) is 38.5 Å². The van der Waals surface area contributed by atoms with E-state index < -0.39 is 29.6 Å². The molecule has 0 radical (unpaired) electrons. The summed E-state index contributed by atoms with van der Waals surface area (Å²) >= 11 is 0. The van der Waals surface area contributed by atoms with E-state index in [1.54, 1.807) is 13.8 Å². The lowest BCUT2D eigenvalue weighted by Gasteiger charge is -2.24. The maximum absolute atomic E-state index is 13.6. The SMILES string of the molecule is CC(O)CC(C)NC(CN)c1cc(F)c(F)cc1F. The molecular formula is C13H19F3N2O. The number of hydrogen-bond donors (Lipinski definition) is 3. The van der Waals surface area contributed by atoms with Crippen molar-refractivity contribution in [3.8, 4) is 0 Å². The molecule has 19 heavy (non-hydrogen) atoms. The first kappa shape index (κ1) is 15.9. The van der Waals surface area contributed by atoms with Crippen LogP contribution in [-0.2, 0) is 0 Å². The maximum Gasteiger partial charge on any atom is 0.161 e. The van der Waals surface area contributed by atoms with Crippen LogP contribution in [0.25, 0.3) is 0 Å². The summed E-state index contributed by atoms with van der Waals surface area (Å²) in [5, 5.41) is 12.2. The third kappa shape index (κ3) is 4.49. The Hall–Kier alpha value is -1.11. The molecule has 1 rings (SSSR count). The Kier molecular flexibility index (Phi) is 5.78. The molecule has 3 unspecified atom stereocenters. The van der Waals surface area contributed by atoms with Gasteiger partial charge in [-0.15, -0.1) is 0 Å². The number of halogens is 3. The van der Waals surface area contributed by atoms with E-state index in [4.69, 9.17) is 5.73 Å². The normalized spacial score (nSPS) is 16.2. The Balaban J connectivity index is 2.88. The molecule has 0 fully saturated rings. The van der Waals surface area contributed by atoms with Crippen LogP contribution < -0.4 is 11.1 Å². The lowest BCUT2D eigenvalue weighted by Crippen LogP contribution is -2.37. The van der Waals surface area contributed by atoms with Gasteiger partial charge in [0.2, 0.25) is 0 Å². The molecule has 6 heteroatoms. The summed E-state index contributed by atoms with van der Waals surface area (Å²) in [5.41, 5.74) is 5.52. The van der Waals surface area contributed by atoms with Gasteiger partial charge in [-0.2, -0.15) is 0 Å². The Labute approximate surface area is 110 Å². The Bertz CT molecular complexity index is 427. The van der Waals surface area contributed by atoms with Crippen molar-refractivity contribution in [1.29, 1.82) is 0 Å². The highest BCUT2D eigenvalue weighted by Gasteiger charge is 2.20. The van der Waals surface area contributed by atoms with Crippen LogP contribution in [0.1, 0.15) is 31.9 Å². The van der Waals surface area contributed by atoms with Crippen LogP contribution >= 0.6 is 0 Å². The van der Waals surface area contributed by atoms with Gasteiger partial charge < -0.3 is 16.2 Å². The van der Waals surface area contributed by atoms with E-state index in [-0.39, 0.29) is 18.2 Å². The second-order valence-corrected chi connectivity index (χ2v) is 4.73. The fourth-order valence-corrected chi connectivity index (χ4v) is 2.01. The highest BCUT2D eigenvalue weighted by Crippen LogP contribution is 2.21. The first-order chi connectivity index (χ1) is 8.85. The Morgan fingerprint density at radius 3 is 2.26 bits per heavy atom. The first-order valence-corrected chi connectivity index (χ1v) is 6.13. The summed E-state index contributed by atoms with van der Waals surface area (Å²) in [7, 11) is 0. The monoisotopic (exact) mass is 276 g/mol. The van der Waals surface area contributed by atoms with Crippen LogP contribution in [0.5, 0.6) is 0 Å². The van der Waals surface area contributed by atoms with Crippen molar-refractivity contribution in [3.63, 3.8) is 0 Å². The van der Waals surface area contributed by atoms with Crippen LogP contribution in [0.4, 0.5) is 13.2 Å². The zero-order chi connectivity index (χ0) is 14.6. The van der Waals surface area contributed by atoms with Gasteiger partial charge in [0.25, 0.3) is 0 Å². The average molecular weight is 276 g/mol. The van der Waals surface area contributed by atoms with E-state index in [0.717, 1.165) is 6.07 Å². The molecule has 0 saturated carbocycles. The second-order valence-electron chi connectivity index (χ2n) is 4.73. The predicted molar refractivity (Wildman–Crippen MR) is 67.0 cm³/mol. The van der Waals surface area contributed by atoms with E-state index in [1.165, 1.54) is 0 Å². The van der Waals surface area contributed by atoms with E-state index in [0.29, 0.717) is 12.5 Å². The largest absolute Gasteiger partial charge is 0.393 e. The molecule has 0 aliphatic heterocycles. The lowest BCUT2D eigenvalue weighted by atomic mass is 10.0. The molecule has 0 aliphatic carbocycles. The van der Waals surface area contributed by atoms with E-state index in [1.807, 2.05) is 0 Å². The zero-order valence-electron chi connectivity index (χ0n) is 11.0. The predicted octanol–water partition coefficient (Wildman–Crippen LogP) is 1.85. The quantitative estimate of drug-likeness (QED) is 0.695. The van der Waals surface area contributed by atoms with Gasteiger partial charge in [0, 0.05) is 30.3 Å². The lowest BCUT2D eigenvalue weighted by molar-refractivity contribution is 0.168.